The van der Waals surface area contributed by atoms with Crippen molar-refractivity contribution in [2.75, 3.05) is 5.32 Å². The van der Waals surface area contributed by atoms with Crippen LogP contribution in [-0.2, 0) is 0 Å². The molecular weight excluding hydrogens is 362 g/mol. The number of nitrogens with one attached hydrogen (secondary N) is 1. The van der Waals surface area contributed by atoms with E-state index in [0.29, 0.717) is 14.7 Å². The molecule has 1 aromatic heterocycles. The Balaban J connectivity index is 1.94. The molecule has 7 heteroatoms. The Labute approximate surface area is 130 Å². The van der Waals surface area contributed by atoms with E-state index in [9.17, 15) is 13.6 Å². The van der Waals surface area contributed by atoms with Gasteiger partial charge < -0.3 is 0 Å². The summed E-state index contributed by atoms with van der Waals surface area (Å²) in [5.41, 5.74) is 0.479. The van der Waals surface area contributed by atoms with E-state index in [1.807, 2.05) is 0 Å². The van der Waals surface area contributed by atoms with Gasteiger partial charge >= 0.3 is 0 Å². The largest absolute Gasteiger partial charge is 0.298 e. The minimum atomic E-state index is -0.748. The molecule has 3 nitrogen and oxygen atoms in total. The fourth-order valence-electron chi connectivity index (χ4n) is 1.82. The van der Waals surface area contributed by atoms with Crippen LogP contribution in [0.5, 0.6) is 0 Å². The third kappa shape index (κ3) is 2.79. The van der Waals surface area contributed by atoms with Crippen LogP contribution in [-0.4, -0.2) is 10.9 Å². The van der Waals surface area contributed by atoms with E-state index in [1.54, 1.807) is 24.3 Å². The Hall–Kier alpha value is -1.86. The SMILES string of the molecule is O=C(Nc1nc2c(F)cc(F)cc2s1)c1ccccc1Br. The number of carbonyl (C=O) groups is 1. The summed E-state index contributed by atoms with van der Waals surface area (Å²) in [7, 11) is 0. The van der Waals surface area contributed by atoms with Crippen molar-refractivity contribution in [3.8, 4) is 0 Å². The number of anilines is 1. The van der Waals surface area contributed by atoms with Gasteiger partial charge in [0.15, 0.2) is 10.9 Å². The molecule has 0 bridgehead atoms. The highest BCUT2D eigenvalue weighted by molar-refractivity contribution is 9.10. The van der Waals surface area contributed by atoms with E-state index >= 15 is 0 Å². The first-order valence-corrected chi connectivity index (χ1v) is 7.47. The highest BCUT2D eigenvalue weighted by Gasteiger charge is 2.14. The Morgan fingerprint density at radius 2 is 2.00 bits per heavy atom. The lowest BCUT2D eigenvalue weighted by Crippen LogP contribution is -2.12. The van der Waals surface area contributed by atoms with Gasteiger partial charge in [0.05, 0.1) is 10.3 Å². The fourth-order valence-corrected chi connectivity index (χ4v) is 3.19. The molecular formula is C14H7BrF2N2OS. The van der Waals surface area contributed by atoms with E-state index in [-0.39, 0.29) is 16.6 Å². The molecule has 0 unspecified atom stereocenters. The van der Waals surface area contributed by atoms with Gasteiger partial charge in [-0.3, -0.25) is 10.1 Å². The van der Waals surface area contributed by atoms with Crippen LogP contribution in [0.1, 0.15) is 10.4 Å². The number of aromatic nitrogens is 1. The van der Waals surface area contributed by atoms with Gasteiger partial charge in [0.2, 0.25) is 0 Å². The van der Waals surface area contributed by atoms with Gasteiger partial charge in [-0.15, -0.1) is 0 Å². The van der Waals surface area contributed by atoms with Crippen molar-refractivity contribution in [2.24, 2.45) is 0 Å². The molecule has 3 rings (SSSR count). The van der Waals surface area contributed by atoms with Gasteiger partial charge in [-0.2, -0.15) is 0 Å². The number of fused-ring (bicyclic) bond motifs is 1. The molecule has 0 aliphatic heterocycles. The molecule has 106 valence electrons. The lowest BCUT2D eigenvalue weighted by molar-refractivity contribution is 0.102. The van der Waals surface area contributed by atoms with E-state index in [0.717, 1.165) is 17.4 Å². The molecule has 21 heavy (non-hydrogen) atoms. The standard InChI is InChI=1S/C14H7BrF2N2OS/c15-9-4-2-1-3-8(9)13(20)19-14-18-12-10(17)5-7(16)6-11(12)21-14/h1-6H,(H,18,19,20). The number of thiazole rings is 1. The van der Waals surface area contributed by atoms with E-state index in [4.69, 9.17) is 0 Å². The predicted molar refractivity (Wildman–Crippen MR) is 81.6 cm³/mol. The van der Waals surface area contributed by atoms with Crippen LogP contribution in [0, 0.1) is 11.6 Å². The number of nitrogens with zero attached hydrogens (tertiary/aromatic N) is 1. The lowest BCUT2D eigenvalue weighted by Gasteiger charge is -2.03. The lowest BCUT2D eigenvalue weighted by atomic mass is 10.2. The maximum absolute atomic E-state index is 13.6. The monoisotopic (exact) mass is 368 g/mol. The third-order valence-corrected chi connectivity index (χ3v) is 4.36. The Kier molecular flexibility index (Phi) is 3.69. The fraction of sp³-hybridized carbons (Fsp3) is 0. The molecule has 0 fully saturated rings. The first-order chi connectivity index (χ1) is 10.0. The molecule has 0 saturated carbocycles. The molecule has 0 atom stereocenters. The summed E-state index contributed by atoms with van der Waals surface area (Å²) in [5, 5.41) is 2.80. The third-order valence-electron chi connectivity index (χ3n) is 2.75. The van der Waals surface area contributed by atoms with Crippen molar-refractivity contribution < 1.29 is 13.6 Å². The summed E-state index contributed by atoms with van der Waals surface area (Å²) in [4.78, 5) is 16.1. The van der Waals surface area contributed by atoms with Crippen molar-refractivity contribution in [3.63, 3.8) is 0 Å². The van der Waals surface area contributed by atoms with Crippen molar-refractivity contribution in [1.82, 2.24) is 4.98 Å². The predicted octanol–water partition coefficient (Wildman–Crippen LogP) is 4.59. The molecule has 1 amide bonds. The summed E-state index contributed by atoms with van der Waals surface area (Å²) in [6.07, 6.45) is 0. The van der Waals surface area contributed by atoms with Crippen LogP contribution in [0.4, 0.5) is 13.9 Å². The number of hydrogen-bond donors (Lipinski definition) is 1. The van der Waals surface area contributed by atoms with Crippen molar-refractivity contribution in [1.29, 1.82) is 0 Å². The van der Waals surface area contributed by atoms with Crippen molar-refractivity contribution in [3.05, 3.63) is 58.1 Å². The maximum Gasteiger partial charge on any atom is 0.258 e. The quantitative estimate of drug-likeness (QED) is 0.718. The smallest absolute Gasteiger partial charge is 0.258 e. The summed E-state index contributed by atoms with van der Waals surface area (Å²) in [5.74, 6) is -1.79. The summed E-state index contributed by atoms with van der Waals surface area (Å²) < 4.78 is 27.7. The van der Waals surface area contributed by atoms with Crippen LogP contribution in [0.25, 0.3) is 10.2 Å². The van der Waals surface area contributed by atoms with E-state index in [1.165, 1.54) is 6.07 Å². The number of rotatable bonds is 2. The van der Waals surface area contributed by atoms with Crippen LogP contribution in [0.15, 0.2) is 40.9 Å². The Morgan fingerprint density at radius 1 is 1.24 bits per heavy atom. The molecule has 0 radical (unpaired) electrons. The zero-order chi connectivity index (χ0) is 15.0. The Bertz CT molecular complexity index is 850. The number of carbonyl (C=O) groups excluding carboxylic acids is 1. The molecule has 0 spiro atoms. The second kappa shape index (κ2) is 5.50. The summed E-state index contributed by atoms with van der Waals surface area (Å²) in [6, 6.07) is 8.85. The number of benzene rings is 2. The molecule has 3 aromatic rings. The molecule has 1 N–H and O–H groups in total. The van der Waals surface area contributed by atoms with Gasteiger partial charge in [0, 0.05) is 10.5 Å². The number of hydrogen-bond acceptors (Lipinski definition) is 3. The van der Waals surface area contributed by atoms with Gasteiger partial charge in [-0.1, -0.05) is 23.5 Å². The average molecular weight is 369 g/mol. The summed E-state index contributed by atoms with van der Waals surface area (Å²) in [6.45, 7) is 0. The molecule has 0 aliphatic rings. The molecule has 1 heterocycles. The maximum atomic E-state index is 13.6. The zero-order valence-corrected chi connectivity index (χ0v) is 12.8. The van der Waals surface area contributed by atoms with Crippen LogP contribution in [0.2, 0.25) is 0 Å². The van der Waals surface area contributed by atoms with Gasteiger partial charge in [-0.05, 0) is 34.1 Å². The van der Waals surface area contributed by atoms with E-state index < -0.39 is 11.6 Å². The van der Waals surface area contributed by atoms with Crippen LogP contribution >= 0.6 is 27.3 Å². The zero-order valence-electron chi connectivity index (χ0n) is 10.4. The average Bonchev–Trinajstić information content (AvgIpc) is 2.81. The first-order valence-electron chi connectivity index (χ1n) is 5.86. The van der Waals surface area contributed by atoms with Crippen molar-refractivity contribution in [2.45, 2.75) is 0 Å². The topological polar surface area (TPSA) is 42.0 Å². The highest BCUT2D eigenvalue weighted by atomic mass is 79.9. The second-order valence-electron chi connectivity index (χ2n) is 4.19. The molecule has 0 saturated heterocycles. The van der Waals surface area contributed by atoms with Crippen molar-refractivity contribution >= 4 is 48.5 Å². The Morgan fingerprint density at radius 3 is 2.76 bits per heavy atom. The van der Waals surface area contributed by atoms with Crippen LogP contribution in [0.3, 0.4) is 0 Å². The van der Waals surface area contributed by atoms with Gasteiger partial charge in [0.1, 0.15) is 11.3 Å². The minimum Gasteiger partial charge on any atom is -0.298 e. The van der Waals surface area contributed by atoms with Gasteiger partial charge in [-0.25, -0.2) is 13.8 Å². The van der Waals surface area contributed by atoms with E-state index in [2.05, 4.69) is 26.2 Å². The molecule has 2 aromatic carbocycles. The highest BCUT2D eigenvalue weighted by Crippen LogP contribution is 2.29. The number of halogens is 3. The molecule has 0 aliphatic carbocycles. The van der Waals surface area contributed by atoms with Gasteiger partial charge in [0.25, 0.3) is 5.91 Å². The second-order valence-corrected chi connectivity index (χ2v) is 6.07. The minimum absolute atomic E-state index is 0.0452. The number of amides is 1. The van der Waals surface area contributed by atoms with Crippen LogP contribution < -0.4 is 5.32 Å². The first kappa shape index (κ1) is 14.1. The normalized spacial score (nSPS) is 10.8. The summed E-state index contributed by atoms with van der Waals surface area (Å²) >= 11 is 4.29.